The van der Waals surface area contributed by atoms with Gasteiger partial charge in [-0.15, -0.1) is 0 Å². The molecule has 0 aromatic rings. The van der Waals surface area contributed by atoms with E-state index in [0.29, 0.717) is 6.42 Å². The highest BCUT2D eigenvalue weighted by molar-refractivity contribution is 5.72. The summed E-state index contributed by atoms with van der Waals surface area (Å²) in [6.45, 7) is 9.36. The molecule has 0 rings (SSSR count). The molecule has 3 nitrogen and oxygen atoms in total. The number of ketones is 1. The van der Waals surface area contributed by atoms with Crippen LogP contribution in [0.1, 0.15) is 73.1 Å². The third-order valence-corrected chi connectivity index (χ3v) is 1.42. The summed E-state index contributed by atoms with van der Waals surface area (Å²) in [4.78, 5) is 19.0. The zero-order chi connectivity index (χ0) is 13.4. The van der Waals surface area contributed by atoms with Crippen LogP contribution in [-0.4, -0.2) is 16.9 Å². The number of carboxylic acid groups (broad SMARTS) is 1. The van der Waals surface area contributed by atoms with Gasteiger partial charge in [0, 0.05) is 6.42 Å². The van der Waals surface area contributed by atoms with Crippen molar-refractivity contribution in [3.05, 3.63) is 0 Å². The van der Waals surface area contributed by atoms with E-state index in [1.807, 2.05) is 6.92 Å². The number of carbonyl (C=O) groups is 2. The van der Waals surface area contributed by atoms with Crippen molar-refractivity contribution in [2.45, 2.75) is 73.1 Å². The van der Waals surface area contributed by atoms with Crippen LogP contribution in [-0.2, 0) is 9.59 Å². The summed E-state index contributed by atoms with van der Waals surface area (Å²) in [7, 11) is 0. The van der Waals surface area contributed by atoms with Gasteiger partial charge in [0.1, 0.15) is 5.78 Å². The molecule has 0 bridgehead atoms. The Morgan fingerprint density at radius 3 is 1.25 bits per heavy atom. The molecule has 16 heavy (non-hydrogen) atoms. The summed E-state index contributed by atoms with van der Waals surface area (Å²) < 4.78 is 0. The first-order chi connectivity index (χ1) is 7.42. The van der Waals surface area contributed by atoms with E-state index < -0.39 is 5.97 Å². The zero-order valence-corrected chi connectivity index (χ0v) is 11.5. The van der Waals surface area contributed by atoms with Crippen molar-refractivity contribution in [1.29, 1.82) is 0 Å². The van der Waals surface area contributed by atoms with Crippen molar-refractivity contribution in [2.24, 2.45) is 0 Å². The second-order valence-corrected chi connectivity index (χ2v) is 3.76. The van der Waals surface area contributed by atoms with Crippen molar-refractivity contribution >= 4 is 11.8 Å². The molecule has 0 aliphatic rings. The van der Waals surface area contributed by atoms with Gasteiger partial charge in [0.15, 0.2) is 0 Å². The van der Waals surface area contributed by atoms with Crippen molar-refractivity contribution < 1.29 is 14.7 Å². The van der Waals surface area contributed by atoms with Gasteiger partial charge in [-0.3, -0.25) is 4.79 Å². The highest BCUT2D eigenvalue weighted by atomic mass is 16.4. The molecule has 0 aliphatic heterocycles. The summed E-state index contributed by atoms with van der Waals surface area (Å²) in [5.74, 6) is -0.544. The predicted octanol–water partition coefficient (Wildman–Crippen LogP) is 4.05. The summed E-state index contributed by atoms with van der Waals surface area (Å²) in [6.07, 6.45) is 6.56. The van der Waals surface area contributed by atoms with Gasteiger partial charge in [-0.2, -0.15) is 0 Å². The van der Waals surface area contributed by atoms with Crippen molar-refractivity contribution in [3.63, 3.8) is 0 Å². The van der Waals surface area contributed by atoms with E-state index in [1.165, 1.54) is 39.5 Å². The zero-order valence-electron chi connectivity index (χ0n) is 11.5. The maximum Gasteiger partial charge on any atom is 0.303 e. The van der Waals surface area contributed by atoms with Crippen LogP contribution in [0.5, 0.6) is 0 Å². The second kappa shape index (κ2) is 19.7. The Bertz CT molecular complexity index is 145. The van der Waals surface area contributed by atoms with E-state index in [4.69, 9.17) is 5.11 Å². The second-order valence-electron chi connectivity index (χ2n) is 3.76. The predicted molar refractivity (Wildman–Crippen MR) is 68.7 cm³/mol. The molecule has 0 heterocycles. The quantitative estimate of drug-likeness (QED) is 0.727. The standard InChI is InChI=1S/C6H14.C4H8O2.C3H6O/c1-3-5-6-4-2;1-2-3-4(5)6;1-3(2)4/h3-6H2,1-2H3;2-3H2,1H3,(H,5,6);1-2H3. The molecule has 0 saturated carbocycles. The molecule has 0 fully saturated rings. The van der Waals surface area contributed by atoms with Crippen LogP contribution in [0, 0.1) is 0 Å². The number of rotatable bonds is 5. The fraction of sp³-hybridized carbons (Fsp3) is 0.846. The molecule has 1 N–H and O–H groups in total. The Balaban J connectivity index is -0.000000162. The van der Waals surface area contributed by atoms with Crippen molar-refractivity contribution in [3.8, 4) is 0 Å². The monoisotopic (exact) mass is 232 g/mol. The number of unbranched alkanes of at least 4 members (excludes halogenated alkanes) is 3. The van der Waals surface area contributed by atoms with Crippen LogP contribution in [0.2, 0.25) is 0 Å². The maximum absolute atomic E-state index is 9.60. The molecule has 0 aromatic carbocycles. The molecule has 98 valence electrons. The molecule has 0 radical (unpaired) electrons. The van der Waals surface area contributed by atoms with Gasteiger partial charge < -0.3 is 9.90 Å². The molecule has 0 amide bonds. The molecular formula is C13H28O3. The number of aliphatic carboxylic acids is 1. The van der Waals surface area contributed by atoms with Crippen LogP contribution in [0.3, 0.4) is 0 Å². The largest absolute Gasteiger partial charge is 0.481 e. The van der Waals surface area contributed by atoms with Gasteiger partial charge in [0.05, 0.1) is 0 Å². The Hall–Kier alpha value is -0.860. The molecule has 0 atom stereocenters. The van der Waals surface area contributed by atoms with E-state index in [0.717, 1.165) is 6.42 Å². The maximum atomic E-state index is 9.60. The number of carbonyl (C=O) groups excluding carboxylic acids is 1. The minimum Gasteiger partial charge on any atom is -0.481 e. The average Bonchev–Trinajstić information content (AvgIpc) is 2.14. The van der Waals surface area contributed by atoms with E-state index in [9.17, 15) is 9.59 Å². The van der Waals surface area contributed by atoms with E-state index >= 15 is 0 Å². The SMILES string of the molecule is CC(C)=O.CCCC(=O)O.CCCCCC. The highest BCUT2D eigenvalue weighted by Crippen LogP contribution is 1.95. The van der Waals surface area contributed by atoms with Gasteiger partial charge in [0.2, 0.25) is 0 Å². The van der Waals surface area contributed by atoms with E-state index in [2.05, 4.69) is 13.8 Å². The average molecular weight is 232 g/mol. The van der Waals surface area contributed by atoms with Crippen LogP contribution in [0.15, 0.2) is 0 Å². The lowest BCUT2D eigenvalue weighted by Crippen LogP contribution is -1.90. The Morgan fingerprint density at radius 1 is 0.875 bits per heavy atom. The first-order valence-electron chi connectivity index (χ1n) is 6.11. The normalized spacial score (nSPS) is 8.06. The fourth-order valence-corrected chi connectivity index (χ4v) is 0.714. The summed E-state index contributed by atoms with van der Waals surface area (Å²) in [5.41, 5.74) is 0. The Morgan fingerprint density at radius 2 is 1.19 bits per heavy atom. The van der Waals surface area contributed by atoms with Crippen LogP contribution >= 0.6 is 0 Å². The molecular weight excluding hydrogens is 204 g/mol. The molecule has 3 heteroatoms. The fourth-order valence-electron chi connectivity index (χ4n) is 0.714. The van der Waals surface area contributed by atoms with Gasteiger partial charge in [-0.05, 0) is 20.3 Å². The molecule has 0 aliphatic carbocycles. The van der Waals surface area contributed by atoms with Crippen LogP contribution < -0.4 is 0 Å². The Kier molecular flexibility index (Phi) is 25.3. The molecule has 0 aromatic heterocycles. The van der Waals surface area contributed by atoms with Crippen LogP contribution in [0.25, 0.3) is 0 Å². The first kappa shape index (κ1) is 20.5. The molecule has 0 unspecified atom stereocenters. The minimum atomic E-state index is -0.711. The van der Waals surface area contributed by atoms with Gasteiger partial charge in [0.25, 0.3) is 0 Å². The molecule has 0 saturated heterocycles. The topological polar surface area (TPSA) is 54.4 Å². The molecule has 0 spiro atoms. The summed E-state index contributed by atoms with van der Waals surface area (Å²) in [6, 6.07) is 0. The number of carboxylic acids is 1. The van der Waals surface area contributed by atoms with Crippen LogP contribution in [0.4, 0.5) is 0 Å². The van der Waals surface area contributed by atoms with E-state index in [-0.39, 0.29) is 5.78 Å². The van der Waals surface area contributed by atoms with Crippen molar-refractivity contribution in [2.75, 3.05) is 0 Å². The van der Waals surface area contributed by atoms with Gasteiger partial charge in [-0.1, -0.05) is 46.5 Å². The number of Topliss-reactive ketones (excluding diaryl/α,β-unsaturated/α-hetero) is 1. The van der Waals surface area contributed by atoms with Gasteiger partial charge in [-0.25, -0.2) is 0 Å². The smallest absolute Gasteiger partial charge is 0.303 e. The third kappa shape index (κ3) is 73.3. The summed E-state index contributed by atoms with van der Waals surface area (Å²) in [5, 5.41) is 7.91. The third-order valence-electron chi connectivity index (χ3n) is 1.42. The summed E-state index contributed by atoms with van der Waals surface area (Å²) >= 11 is 0. The highest BCUT2D eigenvalue weighted by Gasteiger charge is 1.87. The number of hydrogen-bond donors (Lipinski definition) is 1. The lowest BCUT2D eigenvalue weighted by molar-refractivity contribution is -0.137. The van der Waals surface area contributed by atoms with Crippen molar-refractivity contribution in [1.82, 2.24) is 0 Å². The Labute approximate surface area is 100 Å². The first-order valence-corrected chi connectivity index (χ1v) is 6.11. The van der Waals surface area contributed by atoms with E-state index in [1.54, 1.807) is 0 Å². The lowest BCUT2D eigenvalue weighted by Gasteiger charge is -1.86. The van der Waals surface area contributed by atoms with Gasteiger partial charge >= 0.3 is 5.97 Å². The lowest BCUT2D eigenvalue weighted by atomic mass is 10.2. The minimum absolute atomic E-state index is 0.167. The number of hydrogen-bond acceptors (Lipinski definition) is 2.